The van der Waals surface area contributed by atoms with E-state index in [-0.39, 0.29) is 19.1 Å². The van der Waals surface area contributed by atoms with Crippen LogP contribution in [0.1, 0.15) is 37.0 Å². The monoisotopic (exact) mass is 314 g/mol. The van der Waals surface area contributed by atoms with Gasteiger partial charge in [-0.05, 0) is 42.4 Å². The normalized spacial score (nSPS) is 10.3. The van der Waals surface area contributed by atoms with Crippen molar-refractivity contribution in [3.05, 3.63) is 71.3 Å². The Morgan fingerprint density at radius 2 is 1.09 bits per heavy atom. The first-order chi connectivity index (χ1) is 11.3. The molecule has 0 fully saturated rings. The molecule has 2 N–H and O–H groups in total. The molecule has 23 heavy (non-hydrogen) atoms. The second-order valence-corrected chi connectivity index (χ2v) is 5.57. The van der Waals surface area contributed by atoms with E-state index in [1.54, 1.807) is 0 Å². The summed E-state index contributed by atoms with van der Waals surface area (Å²) in [5.74, 6) is 0.00255. The molecular weight excluding hydrogens is 284 g/mol. The fourth-order valence-electron chi connectivity index (χ4n) is 2.42. The molecule has 0 saturated heterocycles. The molecule has 0 saturated carbocycles. The molecule has 0 amide bonds. The number of hydrogen-bond donors (Lipinski definition) is 2. The van der Waals surface area contributed by atoms with E-state index in [1.807, 2.05) is 19.9 Å². The van der Waals surface area contributed by atoms with Crippen molar-refractivity contribution in [2.75, 3.05) is 13.2 Å². The van der Waals surface area contributed by atoms with Crippen LogP contribution in [0.25, 0.3) is 0 Å². The Hall–Kier alpha value is -1.64. The molecule has 126 valence electrons. The number of aryl methyl sites for hydroxylation is 3. The van der Waals surface area contributed by atoms with Crippen LogP contribution in [0.3, 0.4) is 0 Å². The minimum atomic E-state index is 0.00255. The quantitative estimate of drug-likeness (QED) is 0.772. The lowest BCUT2D eigenvalue weighted by atomic mass is 9.98. The Kier molecular flexibility index (Phi) is 10.0. The lowest BCUT2D eigenvalue weighted by molar-refractivity contribution is 0.144. The molecule has 0 spiro atoms. The summed E-state index contributed by atoms with van der Waals surface area (Å²) in [6, 6.07) is 19.2. The van der Waals surface area contributed by atoms with Gasteiger partial charge in [0.15, 0.2) is 0 Å². The summed E-state index contributed by atoms with van der Waals surface area (Å²) in [6.07, 6.45) is 3.86. The Morgan fingerprint density at radius 3 is 1.57 bits per heavy atom. The van der Waals surface area contributed by atoms with Crippen molar-refractivity contribution in [2.24, 2.45) is 5.92 Å². The molecular formula is C21H30O2. The molecule has 0 aliphatic heterocycles. The second-order valence-electron chi connectivity index (χ2n) is 5.57. The van der Waals surface area contributed by atoms with E-state index < -0.39 is 0 Å². The van der Waals surface area contributed by atoms with E-state index in [0.29, 0.717) is 0 Å². The van der Waals surface area contributed by atoms with E-state index in [2.05, 4.69) is 48.5 Å². The Morgan fingerprint density at radius 1 is 0.652 bits per heavy atom. The van der Waals surface area contributed by atoms with Gasteiger partial charge in [-0.3, -0.25) is 0 Å². The fraction of sp³-hybridized carbons (Fsp3) is 0.429. The van der Waals surface area contributed by atoms with Crippen LogP contribution in [-0.4, -0.2) is 23.4 Å². The van der Waals surface area contributed by atoms with Crippen LogP contribution < -0.4 is 0 Å². The zero-order chi connectivity index (χ0) is 16.9. The van der Waals surface area contributed by atoms with Crippen molar-refractivity contribution < 1.29 is 10.2 Å². The third kappa shape index (κ3) is 7.45. The highest BCUT2D eigenvalue weighted by atomic mass is 16.3. The smallest absolute Gasteiger partial charge is 0.0481 e. The summed E-state index contributed by atoms with van der Waals surface area (Å²) in [7, 11) is 0. The average molecular weight is 314 g/mol. The Labute approximate surface area is 140 Å². The van der Waals surface area contributed by atoms with Gasteiger partial charge in [-0.25, -0.2) is 0 Å². The minimum absolute atomic E-state index is 0.00255. The van der Waals surface area contributed by atoms with Crippen LogP contribution in [-0.2, 0) is 19.3 Å². The highest BCUT2D eigenvalue weighted by Gasteiger charge is 2.06. The predicted octanol–water partition coefficient (Wildman–Crippen LogP) is 4.03. The van der Waals surface area contributed by atoms with E-state index in [4.69, 9.17) is 10.2 Å². The lowest BCUT2D eigenvalue weighted by Crippen LogP contribution is -2.11. The largest absolute Gasteiger partial charge is 0.396 e. The van der Waals surface area contributed by atoms with Crippen molar-refractivity contribution in [2.45, 2.75) is 39.5 Å². The molecule has 2 heteroatoms. The third-order valence-electron chi connectivity index (χ3n) is 3.93. The van der Waals surface area contributed by atoms with Crippen LogP contribution in [0, 0.1) is 5.92 Å². The first-order valence-electron chi connectivity index (χ1n) is 8.65. The molecule has 0 atom stereocenters. The fourth-order valence-corrected chi connectivity index (χ4v) is 2.42. The van der Waals surface area contributed by atoms with Crippen molar-refractivity contribution in [1.29, 1.82) is 0 Å². The first-order valence-corrected chi connectivity index (χ1v) is 8.65. The van der Waals surface area contributed by atoms with Crippen LogP contribution >= 0.6 is 0 Å². The molecule has 0 radical (unpaired) electrons. The van der Waals surface area contributed by atoms with E-state index in [0.717, 1.165) is 25.7 Å². The average Bonchev–Trinajstić information content (AvgIpc) is 2.64. The molecule has 0 aromatic heterocycles. The topological polar surface area (TPSA) is 40.5 Å². The summed E-state index contributed by atoms with van der Waals surface area (Å²) >= 11 is 0. The summed E-state index contributed by atoms with van der Waals surface area (Å²) < 4.78 is 0. The zero-order valence-corrected chi connectivity index (χ0v) is 14.4. The molecule has 2 aromatic rings. The predicted molar refractivity (Wildman–Crippen MR) is 97.6 cm³/mol. The Bertz CT molecular complexity index is 501. The molecule has 0 aliphatic rings. The van der Waals surface area contributed by atoms with E-state index >= 15 is 0 Å². The number of aliphatic hydroxyl groups excluding tert-OH is 2. The van der Waals surface area contributed by atoms with E-state index in [9.17, 15) is 0 Å². The van der Waals surface area contributed by atoms with Gasteiger partial charge in [-0.1, -0.05) is 68.4 Å². The summed E-state index contributed by atoms with van der Waals surface area (Å²) in [6.45, 7) is 4.12. The first kappa shape index (κ1) is 19.4. The summed E-state index contributed by atoms with van der Waals surface area (Å²) in [5.41, 5.74) is 3.99. The molecule has 2 rings (SSSR count). The standard InChI is InChI=1S/C19H24O2.C2H6/c20-14-19(15-21)13-12-18-10-8-17(9-11-18)7-6-16-4-2-1-3-5-16;1-2/h1-5,8-11,19-21H,6-7,12-15H2;1-2H3. The van der Waals surface area contributed by atoms with Gasteiger partial charge in [0.1, 0.15) is 0 Å². The molecule has 0 aliphatic carbocycles. The van der Waals surface area contributed by atoms with Gasteiger partial charge in [0.2, 0.25) is 0 Å². The highest BCUT2D eigenvalue weighted by molar-refractivity contribution is 5.24. The zero-order valence-electron chi connectivity index (χ0n) is 14.4. The van der Waals surface area contributed by atoms with E-state index in [1.165, 1.54) is 16.7 Å². The minimum Gasteiger partial charge on any atom is -0.396 e. The SMILES string of the molecule is CC.OCC(CO)CCc1ccc(CCc2ccccc2)cc1. The van der Waals surface area contributed by atoms with Crippen LogP contribution in [0.15, 0.2) is 54.6 Å². The maximum absolute atomic E-state index is 9.07. The summed E-state index contributed by atoms with van der Waals surface area (Å²) in [5, 5.41) is 18.1. The van der Waals surface area contributed by atoms with Crippen molar-refractivity contribution in [3.8, 4) is 0 Å². The van der Waals surface area contributed by atoms with Crippen molar-refractivity contribution >= 4 is 0 Å². The van der Waals surface area contributed by atoms with Gasteiger partial charge in [0, 0.05) is 19.1 Å². The molecule has 2 aromatic carbocycles. The van der Waals surface area contributed by atoms with Gasteiger partial charge in [-0.15, -0.1) is 0 Å². The lowest BCUT2D eigenvalue weighted by Gasteiger charge is -2.10. The van der Waals surface area contributed by atoms with Gasteiger partial charge >= 0.3 is 0 Å². The second kappa shape index (κ2) is 11.9. The molecule has 0 heterocycles. The van der Waals surface area contributed by atoms with Gasteiger partial charge in [0.25, 0.3) is 0 Å². The maximum atomic E-state index is 9.07. The van der Waals surface area contributed by atoms with Gasteiger partial charge in [-0.2, -0.15) is 0 Å². The molecule has 0 bridgehead atoms. The third-order valence-corrected chi connectivity index (χ3v) is 3.93. The van der Waals surface area contributed by atoms with Crippen LogP contribution in [0.2, 0.25) is 0 Å². The van der Waals surface area contributed by atoms with Gasteiger partial charge in [0.05, 0.1) is 0 Å². The number of hydrogen-bond acceptors (Lipinski definition) is 2. The Balaban J connectivity index is 0.00000127. The summed E-state index contributed by atoms with van der Waals surface area (Å²) in [4.78, 5) is 0. The number of aliphatic hydroxyl groups is 2. The maximum Gasteiger partial charge on any atom is 0.0481 e. The molecule has 0 unspecified atom stereocenters. The number of benzene rings is 2. The van der Waals surface area contributed by atoms with Crippen molar-refractivity contribution in [3.63, 3.8) is 0 Å². The number of rotatable bonds is 8. The highest BCUT2D eigenvalue weighted by Crippen LogP contribution is 2.12. The van der Waals surface area contributed by atoms with Crippen LogP contribution in [0.4, 0.5) is 0 Å². The molecule has 2 nitrogen and oxygen atoms in total. The van der Waals surface area contributed by atoms with Crippen molar-refractivity contribution in [1.82, 2.24) is 0 Å². The van der Waals surface area contributed by atoms with Crippen LogP contribution in [0.5, 0.6) is 0 Å². The van der Waals surface area contributed by atoms with Gasteiger partial charge < -0.3 is 10.2 Å².